The minimum absolute atomic E-state index is 0.183. The summed E-state index contributed by atoms with van der Waals surface area (Å²) in [4.78, 5) is 15.2. The number of carbonyl (C=O) groups excluding carboxylic acids is 1. The fraction of sp³-hybridized carbons (Fsp3) is 0.450. The second-order valence-electron chi connectivity index (χ2n) is 7.34. The molecule has 0 bridgehead atoms. The Bertz CT molecular complexity index is 872. The number of carbonyl (C=O) groups is 1. The zero-order valence-electron chi connectivity index (χ0n) is 16.3. The minimum Gasteiger partial charge on any atom is -0.346 e. The summed E-state index contributed by atoms with van der Waals surface area (Å²) >= 11 is 1.68. The molecular weight excluding hydrogens is 394 g/mol. The van der Waals surface area contributed by atoms with Crippen molar-refractivity contribution in [2.45, 2.75) is 30.2 Å². The molecule has 1 aliphatic heterocycles. The van der Waals surface area contributed by atoms with E-state index in [1.807, 2.05) is 11.4 Å². The molecule has 0 saturated carbocycles. The van der Waals surface area contributed by atoms with Crippen LogP contribution in [-0.4, -0.2) is 52.4 Å². The summed E-state index contributed by atoms with van der Waals surface area (Å²) in [6, 6.07) is 10.5. The fourth-order valence-electron chi connectivity index (χ4n) is 3.41. The third-order valence-electron chi connectivity index (χ3n) is 5.12. The number of likely N-dealkylation sites (N-methyl/N-ethyl adjacent to an activating group) is 1. The van der Waals surface area contributed by atoms with Crippen LogP contribution < -0.4 is 10.2 Å². The van der Waals surface area contributed by atoms with Crippen molar-refractivity contribution in [3.05, 3.63) is 52.2 Å². The van der Waals surface area contributed by atoms with Gasteiger partial charge in [-0.2, -0.15) is 4.31 Å². The lowest BCUT2D eigenvalue weighted by molar-refractivity contribution is -0.890. The lowest BCUT2D eigenvalue weighted by Crippen LogP contribution is -3.06. The molecule has 152 valence electrons. The molecule has 28 heavy (non-hydrogen) atoms. The molecule has 0 unspecified atom stereocenters. The predicted octanol–water partition coefficient (Wildman–Crippen LogP) is 1.54. The van der Waals surface area contributed by atoms with Gasteiger partial charge in [0.05, 0.1) is 30.4 Å². The van der Waals surface area contributed by atoms with Gasteiger partial charge in [0, 0.05) is 18.7 Å². The van der Waals surface area contributed by atoms with Crippen LogP contribution in [0.25, 0.3) is 0 Å². The van der Waals surface area contributed by atoms with E-state index in [1.54, 1.807) is 23.5 Å². The highest BCUT2D eigenvalue weighted by atomic mass is 32.2. The Morgan fingerprint density at radius 1 is 1.14 bits per heavy atom. The first-order valence-corrected chi connectivity index (χ1v) is 11.9. The molecule has 2 heterocycles. The average Bonchev–Trinajstić information content (AvgIpc) is 3.23. The normalized spacial score (nSPS) is 16.8. The maximum Gasteiger partial charge on any atom is 0.251 e. The van der Waals surface area contributed by atoms with Crippen LogP contribution >= 0.6 is 11.3 Å². The van der Waals surface area contributed by atoms with Gasteiger partial charge in [-0.1, -0.05) is 12.5 Å². The van der Waals surface area contributed by atoms with Crippen molar-refractivity contribution in [1.29, 1.82) is 0 Å². The largest absolute Gasteiger partial charge is 0.346 e. The molecule has 0 aliphatic carbocycles. The topological polar surface area (TPSA) is 70.9 Å². The van der Waals surface area contributed by atoms with E-state index >= 15 is 0 Å². The Morgan fingerprint density at radius 3 is 2.39 bits per heavy atom. The van der Waals surface area contributed by atoms with Crippen molar-refractivity contribution in [3.63, 3.8) is 0 Å². The number of thiophene rings is 1. The Hall–Kier alpha value is -1.74. The Balaban J connectivity index is 1.65. The average molecular weight is 423 g/mol. The molecule has 1 aromatic heterocycles. The molecule has 1 fully saturated rings. The van der Waals surface area contributed by atoms with Crippen molar-refractivity contribution < 1.29 is 18.1 Å². The van der Waals surface area contributed by atoms with Crippen LogP contribution in [-0.2, 0) is 10.0 Å². The first-order valence-electron chi connectivity index (χ1n) is 9.61. The Morgan fingerprint density at radius 2 is 1.82 bits per heavy atom. The van der Waals surface area contributed by atoms with Gasteiger partial charge in [-0.25, -0.2) is 8.42 Å². The fourth-order valence-corrected chi connectivity index (χ4v) is 5.88. The van der Waals surface area contributed by atoms with Gasteiger partial charge in [0.1, 0.15) is 6.04 Å². The summed E-state index contributed by atoms with van der Waals surface area (Å²) in [5.41, 5.74) is 0.469. The van der Waals surface area contributed by atoms with E-state index in [4.69, 9.17) is 0 Å². The molecule has 1 atom stereocenters. The summed E-state index contributed by atoms with van der Waals surface area (Å²) in [5.74, 6) is -0.190. The smallest absolute Gasteiger partial charge is 0.251 e. The van der Waals surface area contributed by atoms with E-state index in [-0.39, 0.29) is 16.8 Å². The molecular formula is C20H28N3O3S2+. The molecule has 1 amide bonds. The summed E-state index contributed by atoms with van der Waals surface area (Å²) < 4.78 is 27.0. The van der Waals surface area contributed by atoms with Crippen LogP contribution in [0.3, 0.4) is 0 Å². The number of nitrogens with zero attached hydrogens (tertiary/aromatic N) is 1. The van der Waals surface area contributed by atoms with Gasteiger partial charge in [-0.3, -0.25) is 4.79 Å². The second-order valence-corrected chi connectivity index (χ2v) is 10.3. The molecule has 2 N–H and O–H groups in total. The monoisotopic (exact) mass is 422 g/mol. The van der Waals surface area contributed by atoms with Crippen molar-refractivity contribution in [2.75, 3.05) is 33.7 Å². The van der Waals surface area contributed by atoms with Crippen LogP contribution in [0.5, 0.6) is 0 Å². The SMILES string of the molecule is C[NH+](C)[C@@H](CNC(=O)c1ccc(S(=O)(=O)N2CCCCC2)cc1)c1cccs1. The quantitative estimate of drug-likeness (QED) is 0.711. The highest BCUT2D eigenvalue weighted by Gasteiger charge is 2.26. The number of quaternary nitrogens is 1. The Labute approximate surface area is 171 Å². The predicted molar refractivity (Wildman–Crippen MR) is 111 cm³/mol. The zero-order valence-corrected chi connectivity index (χ0v) is 18.0. The van der Waals surface area contributed by atoms with Crippen LogP contribution in [0.4, 0.5) is 0 Å². The molecule has 1 aliphatic rings. The molecule has 2 aromatic rings. The van der Waals surface area contributed by atoms with E-state index in [2.05, 4.69) is 25.5 Å². The number of hydrogen-bond acceptors (Lipinski definition) is 4. The van der Waals surface area contributed by atoms with Crippen LogP contribution in [0.2, 0.25) is 0 Å². The maximum atomic E-state index is 12.7. The van der Waals surface area contributed by atoms with Crippen molar-refractivity contribution in [3.8, 4) is 0 Å². The molecule has 1 aromatic carbocycles. The van der Waals surface area contributed by atoms with E-state index in [0.717, 1.165) is 19.3 Å². The van der Waals surface area contributed by atoms with Gasteiger partial charge in [0.25, 0.3) is 5.91 Å². The minimum atomic E-state index is -3.47. The molecule has 8 heteroatoms. The molecule has 6 nitrogen and oxygen atoms in total. The number of sulfonamides is 1. The zero-order chi connectivity index (χ0) is 20.1. The molecule has 0 spiro atoms. The third kappa shape index (κ3) is 4.81. The highest BCUT2D eigenvalue weighted by Crippen LogP contribution is 2.21. The molecule has 3 rings (SSSR count). The summed E-state index contributed by atoms with van der Waals surface area (Å²) in [5, 5.41) is 5.01. The van der Waals surface area contributed by atoms with E-state index < -0.39 is 10.0 Å². The van der Waals surface area contributed by atoms with Gasteiger partial charge in [-0.05, 0) is 48.6 Å². The van der Waals surface area contributed by atoms with Gasteiger partial charge in [0.2, 0.25) is 10.0 Å². The van der Waals surface area contributed by atoms with Gasteiger partial charge < -0.3 is 10.2 Å². The van der Waals surface area contributed by atoms with Crippen LogP contribution in [0.15, 0.2) is 46.7 Å². The lowest BCUT2D eigenvalue weighted by atomic mass is 10.2. The molecule has 1 saturated heterocycles. The van der Waals surface area contributed by atoms with E-state index in [0.29, 0.717) is 25.2 Å². The first kappa shape index (κ1) is 21.0. The number of rotatable bonds is 7. The van der Waals surface area contributed by atoms with Crippen molar-refractivity contribution in [2.24, 2.45) is 0 Å². The van der Waals surface area contributed by atoms with E-state index in [1.165, 1.54) is 26.2 Å². The second kappa shape index (κ2) is 9.17. The van der Waals surface area contributed by atoms with Gasteiger partial charge in [0.15, 0.2) is 0 Å². The first-order chi connectivity index (χ1) is 13.4. The van der Waals surface area contributed by atoms with Gasteiger partial charge >= 0.3 is 0 Å². The Kier molecular flexibility index (Phi) is 6.87. The van der Waals surface area contributed by atoms with Crippen molar-refractivity contribution in [1.82, 2.24) is 9.62 Å². The standard InChI is InChI=1S/C20H27N3O3S2/c1-22(2)18(19-7-6-14-27-19)15-21-20(24)16-8-10-17(11-9-16)28(25,26)23-12-4-3-5-13-23/h6-11,14,18H,3-5,12-13,15H2,1-2H3,(H,21,24)/p+1/t18-/m0/s1. The number of amides is 1. The number of hydrogen-bond donors (Lipinski definition) is 2. The van der Waals surface area contributed by atoms with Gasteiger partial charge in [-0.15, -0.1) is 11.3 Å². The summed E-state index contributed by atoms with van der Waals surface area (Å²) in [6.45, 7) is 1.67. The van der Waals surface area contributed by atoms with Crippen molar-refractivity contribution >= 4 is 27.3 Å². The van der Waals surface area contributed by atoms with Crippen LogP contribution in [0, 0.1) is 0 Å². The number of nitrogens with one attached hydrogen (secondary N) is 2. The maximum absolute atomic E-state index is 12.7. The number of piperidine rings is 1. The van der Waals surface area contributed by atoms with E-state index in [9.17, 15) is 13.2 Å². The summed E-state index contributed by atoms with van der Waals surface area (Å²) in [7, 11) is 0.661. The third-order valence-corrected chi connectivity index (χ3v) is 8.02. The summed E-state index contributed by atoms with van der Waals surface area (Å²) in [6.07, 6.45) is 2.88. The lowest BCUT2D eigenvalue weighted by Gasteiger charge is -2.25. The van der Waals surface area contributed by atoms with Crippen LogP contribution in [0.1, 0.15) is 40.5 Å². The number of benzene rings is 1. The molecule has 0 radical (unpaired) electrons. The highest BCUT2D eigenvalue weighted by molar-refractivity contribution is 7.89.